The van der Waals surface area contributed by atoms with Crippen LogP contribution in [-0.4, -0.2) is 39.4 Å². The van der Waals surface area contributed by atoms with Crippen molar-refractivity contribution in [2.45, 2.75) is 12.8 Å². The van der Waals surface area contributed by atoms with Crippen LogP contribution in [0.2, 0.25) is 0 Å². The molecule has 1 aliphatic heterocycles. The second-order valence-electron chi connectivity index (χ2n) is 6.31. The SMILES string of the molecule is Fc1ccc(N2CCC(CNc3ccc4nnc(C(F)F)n4n3)C2)cc1. The van der Waals surface area contributed by atoms with Gasteiger partial charge in [-0.05, 0) is 48.7 Å². The Labute approximate surface area is 147 Å². The molecule has 1 aliphatic rings. The number of nitrogens with zero attached hydrogens (tertiary/aromatic N) is 5. The number of aromatic nitrogens is 4. The molecule has 1 N–H and O–H groups in total. The highest BCUT2D eigenvalue weighted by Gasteiger charge is 2.23. The molecule has 4 rings (SSSR count). The number of anilines is 2. The van der Waals surface area contributed by atoms with Crippen molar-refractivity contribution in [3.8, 4) is 0 Å². The molecule has 2 aromatic heterocycles. The first kappa shape index (κ1) is 16.6. The summed E-state index contributed by atoms with van der Waals surface area (Å²) in [5.74, 6) is 0.171. The third-order valence-corrected chi connectivity index (χ3v) is 4.53. The molecule has 1 saturated heterocycles. The van der Waals surface area contributed by atoms with Gasteiger partial charge >= 0.3 is 0 Å². The lowest BCUT2D eigenvalue weighted by Gasteiger charge is -2.19. The fourth-order valence-corrected chi connectivity index (χ4v) is 3.17. The summed E-state index contributed by atoms with van der Waals surface area (Å²) < 4.78 is 39.9. The van der Waals surface area contributed by atoms with Crippen LogP contribution in [0.15, 0.2) is 36.4 Å². The van der Waals surface area contributed by atoms with Gasteiger partial charge in [0.25, 0.3) is 6.43 Å². The van der Waals surface area contributed by atoms with Gasteiger partial charge in [0.15, 0.2) is 5.65 Å². The number of benzene rings is 1. The van der Waals surface area contributed by atoms with E-state index in [4.69, 9.17) is 0 Å². The lowest BCUT2D eigenvalue weighted by molar-refractivity contribution is 0.137. The fraction of sp³-hybridized carbons (Fsp3) is 0.353. The van der Waals surface area contributed by atoms with Gasteiger partial charge in [-0.1, -0.05) is 0 Å². The molecule has 3 aromatic rings. The van der Waals surface area contributed by atoms with Gasteiger partial charge in [0.05, 0.1) is 0 Å². The van der Waals surface area contributed by atoms with Crippen molar-refractivity contribution in [3.05, 3.63) is 48.0 Å². The van der Waals surface area contributed by atoms with Crippen LogP contribution in [0.1, 0.15) is 18.7 Å². The molecule has 9 heteroatoms. The van der Waals surface area contributed by atoms with E-state index < -0.39 is 12.2 Å². The summed E-state index contributed by atoms with van der Waals surface area (Å²) >= 11 is 0. The number of alkyl halides is 2. The van der Waals surface area contributed by atoms with E-state index in [-0.39, 0.29) is 11.5 Å². The van der Waals surface area contributed by atoms with Crippen molar-refractivity contribution in [1.29, 1.82) is 0 Å². The van der Waals surface area contributed by atoms with Crippen molar-refractivity contribution in [1.82, 2.24) is 19.8 Å². The van der Waals surface area contributed by atoms with Crippen LogP contribution >= 0.6 is 0 Å². The molecule has 6 nitrogen and oxygen atoms in total. The summed E-state index contributed by atoms with van der Waals surface area (Å²) in [6.45, 7) is 2.41. The van der Waals surface area contributed by atoms with E-state index >= 15 is 0 Å². The van der Waals surface area contributed by atoms with E-state index in [0.29, 0.717) is 18.3 Å². The highest BCUT2D eigenvalue weighted by molar-refractivity contribution is 5.48. The Morgan fingerprint density at radius 1 is 1.12 bits per heavy atom. The Kier molecular flexibility index (Phi) is 4.36. The molecule has 1 fully saturated rings. The van der Waals surface area contributed by atoms with Crippen LogP contribution in [-0.2, 0) is 0 Å². The van der Waals surface area contributed by atoms with Crippen LogP contribution in [0, 0.1) is 11.7 Å². The van der Waals surface area contributed by atoms with Gasteiger partial charge < -0.3 is 10.2 Å². The maximum absolute atomic E-state index is 13.0. The zero-order chi connectivity index (χ0) is 18.1. The maximum Gasteiger partial charge on any atom is 0.299 e. The lowest BCUT2D eigenvalue weighted by atomic mass is 10.1. The summed E-state index contributed by atoms with van der Waals surface area (Å²) in [6.07, 6.45) is -1.74. The molecular weight excluding hydrogens is 345 g/mol. The molecule has 0 bridgehead atoms. The monoisotopic (exact) mass is 362 g/mol. The van der Waals surface area contributed by atoms with Gasteiger partial charge in [-0.25, -0.2) is 13.2 Å². The minimum absolute atomic E-state index is 0.246. The van der Waals surface area contributed by atoms with Gasteiger partial charge in [-0.3, -0.25) is 0 Å². The van der Waals surface area contributed by atoms with Crippen LogP contribution < -0.4 is 10.2 Å². The Bertz CT molecular complexity index is 895. The number of hydrogen-bond acceptors (Lipinski definition) is 5. The predicted molar refractivity (Wildman–Crippen MR) is 90.9 cm³/mol. The molecule has 3 heterocycles. The summed E-state index contributed by atoms with van der Waals surface area (Å²) in [5.41, 5.74) is 1.29. The second kappa shape index (κ2) is 6.81. The van der Waals surface area contributed by atoms with E-state index in [9.17, 15) is 13.2 Å². The molecule has 0 aliphatic carbocycles. The topological polar surface area (TPSA) is 58.3 Å². The van der Waals surface area contributed by atoms with Crippen LogP contribution in [0.5, 0.6) is 0 Å². The Hall–Kier alpha value is -2.84. The van der Waals surface area contributed by atoms with Crippen molar-refractivity contribution >= 4 is 17.2 Å². The zero-order valence-corrected chi connectivity index (χ0v) is 13.8. The van der Waals surface area contributed by atoms with E-state index in [1.807, 2.05) is 0 Å². The fourth-order valence-electron chi connectivity index (χ4n) is 3.17. The van der Waals surface area contributed by atoms with Crippen LogP contribution in [0.25, 0.3) is 5.65 Å². The standard InChI is InChI=1S/C17H17F3N6/c18-12-1-3-13(4-2-12)25-8-7-11(10-25)9-21-14-5-6-15-22-23-17(16(19)20)26(15)24-14/h1-6,11,16H,7-10H2,(H,21,24). The van der Waals surface area contributed by atoms with Crippen LogP contribution in [0.4, 0.5) is 24.7 Å². The highest BCUT2D eigenvalue weighted by Crippen LogP contribution is 2.24. The molecule has 1 unspecified atom stereocenters. The molecule has 0 amide bonds. The maximum atomic E-state index is 13.0. The second-order valence-corrected chi connectivity index (χ2v) is 6.31. The largest absolute Gasteiger partial charge is 0.371 e. The molecule has 1 atom stereocenters. The van der Waals surface area contributed by atoms with Crippen LogP contribution in [0.3, 0.4) is 0 Å². The molecule has 0 spiro atoms. The molecule has 1 aromatic carbocycles. The zero-order valence-electron chi connectivity index (χ0n) is 13.8. The van der Waals surface area contributed by atoms with Gasteiger partial charge in [0.2, 0.25) is 5.82 Å². The van der Waals surface area contributed by atoms with Gasteiger partial charge in [-0.2, -0.15) is 4.52 Å². The number of nitrogens with one attached hydrogen (secondary N) is 1. The van der Waals surface area contributed by atoms with E-state index in [1.165, 1.54) is 12.1 Å². The Morgan fingerprint density at radius 3 is 2.69 bits per heavy atom. The molecular formula is C17H17F3N6. The summed E-state index contributed by atoms with van der Waals surface area (Å²) in [5, 5.41) is 14.5. The Balaban J connectivity index is 1.39. The molecule has 136 valence electrons. The van der Waals surface area contributed by atoms with Crippen molar-refractivity contribution in [3.63, 3.8) is 0 Å². The Morgan fingerprint density at radius 2 is 1.92 bits per heavy atom. The van der Waals surface area contributed by atoms with Gasteiger partial charge in [0.1, 0.15) is 11.6 Å². The highest BCUT2D eigenvalue weighted by atomic mass is 19.3. The van der Waals surface area contributed by atoms with E-state index in [0.717, 1.165) is 29.7 Å². The summed E-state index contributed by atoms with van der Waals surface area (Å²) in [7, 11) is 0. The average Bonchev–Trinajstić information content (AvgIpc) is 3.27. The van der Waals surface area contributed by atoms with Gasteiger partial charge in [0, 0.05) is 25.3 Å². The molecule has 0 radical (unpaired) electrons. The number of hydrogen-bond donors (Lipinski definition) is 1. The van der Waals surface area contributed by atoms with Crippen molar-refractivity contribution in [2.75, 3.05) is 29.9 Å². The summed E-state index contributed by atoms with van der Waals surface area (Å²) in [4.78, 5) is 2.21. The van der Waals surface area contributed by atoms with Crippen molar-refractivity contribution < 1.29 is 13.2 Å². The van der Waals surface area contributed by atoms with Crippen molar-refractivity contribution in [2.24, 2.45) is 5.92 Å². The first-order valence-electron chi connectivity index (χ1n) is 8.35. The average molecular weight is 362 g/mol. The number of halogens is 3. The van der Waals surface area contributed by atoms with Gasteiger partial charge in [-0.15, -0.1) is 15.3 Å². The third-order valence-electron chi connectivity index (χ3n) is 4.53. The van der Waals surface area contributed by atoms with E-state index in [2.05, 4.69) is 25.5 Å². The normalized spacial score (nSPS) is 17.4. The third kappa shape index (κ3) is 3.29. The minimum Gasteiger partial charge on any atom is -0.371 e. The molecule has 0 saturated carbocycles. The first-order chi connectivity index (χ1) is 12.6. The first-order valence-corrected chi connectivity index (χ1v) is 8.35. The lowest BCUT2D eigenvalue weighted by Crippen LogP contribution is -2.22. The molecule has 26 heavy (non-hydrogen) atoms. The quantitative estimate of drug-likeness (QED) is 0.756. The predicted octanol–water partition coefficient (Wildman–Crippen LogP) is 3.14. The minimum atomic E-state index is -2.73. The number of fused-ring (bicyclic) bond motifs is 1. The number of rotatable bonds is 5. The summed E-state index contributed by atoms with van der Waals surface area (Å²) in [6, 6.07) is 9.77. The van der Waals surface area contributed by atoms with E-state index in [1.54, 1.807) is 24.3 Å². The smallest absolute Gasteiger partial charge is 0.299 e.